The number of nitro groups is 1. The highest BCUT2D eigenvalue weighted by Gasteiger charge is 2.24. The highest BCUT2D eigenvalue weighted by atomic mass is 16.6. The number of rotatable bonds is 3. The summed E-state index contributed by atoms with van der Waals surface area (Å²) < 4.78 is 2.14. The van der Waals surface area contributed by atoms with Crippen LogP contribution in [0.2, 0.25) is 0 Å². The fraction of sp³-hybridized carbons (Fsp3) is 0.150. The molecular weight excluding hydrogens is 356 g/mol. The molecule has 0 fully saturated rings. The number of anilines is 1. The van der Waals surface area contributed by atoms with Crippen LogP contribution in [0, 0.1) is 10.1 Å². The first-order chi connectivity index (χ1) is 13.7. The van der Waals surface area contributed by atoms with Crippen molar-refractivity contribution in [2.45, 2.75) is 13.1 Å². The molecule has 1 aliphatic heterocycles. The van der Waals surface area contributed by atoms with E-state index in [1.165, 1.54) is 0 Å². The summed E-state index contributed by atoms with van der Waals surface area (Å²) in [5, 5.41) is 21.5. The standard InChI is InChI=1S/C20H16N6O2/c27-26(28)18-7-6-17(15-8-9-21-12-16(15)18)24-10-11-25-19(13-24)22-23-20(25)14-4-2-1-3-5-14/h1-9,12H,10-11,13H2. The smallest absolute Gasteiger partial charge is 0.278 e. The summed E-state index contributed by atoms with van der Waals surface area (Å²) in [5.74, 6) is 1.75. The molecule has 2 aromatic carbocycles. The van der Waals surface area contributed by atoms with Gasteiger partial charge in [-0.1, -0.05) is 30.3 Å². The molecule has 0 radical (unpaired) electrons. The zero-order valence-electron chi connectivity index (χ0n) is 14.9. The molecule has 0 saturated carbocycles. The SMILES string of the molecule is O=[N+]([O-])c1ccc(N2CCn3c(nnc3-c3ccccc3)C2)c2ccncc12. The molecule has 4 aromatic rings. The molecule has 138 valence electrons. The minimum atomic E-state index is -0.368. The Labute approximate surface area is 160 Å². The second kappa shape index (κ2) is 6.41. The number of non-ortho nitro benzene ring substituents is 1. The van der Waals surface area contributed by atoms with Crippen molar-refractivity contribution in [2.24, 2.45) is 0 Å². The van der Waals surface area contributed by atoms with E-state index in [1.807, 2.05) is 42.5 Å². The summed E-state index contributed by atoms with van der Waals surface area (Å²) in [6.45, 7) is 2.10. The molecule has 0 aliphatic carbocycles. The Kier molecular flexibility index (Phi) is 3.75. The van der Waals surface area contributed by atoms with Crippen LogP contribution in [0.15, 0.2) is 60.9 Å². The largest absolute Gasteiger partial charge is 0.362 e. The number of hydrogen-bond donors (Lipinski definition) is 0. The first-order valence-electron chi connectivity index (χ1n) is 8.96. The molecule has 0 amide bonds. The molecule has 5 rings (SSSR count). The molecule has 0 unspecified atom stereocenters. The summed E-state index contributed by atoms with van der Waals surface area (Å²) in [6.07, 6.45) is 3.21. The Hall–Kier alpha value is -3.81. The molecule has 28 heavy (non-hydrogen) atoms. The number of aromatic nitrogens is 4. The van der Waals surface area contributed by atoms with Gasteiger partial charge in [0.2, 0.25) is 0 Å². The zero-order chi connectivity index (χ0) is 19.1. The van der Waals surface area contributed by atoms with Crippen LogP contribution >= 0.6 is 0 Å². The lowest BCUT2D eigenvalue weighted by Gasteiger charge is -2.30. The second-order valence-corrected chi connectivity index (χ2v) is 6.66. The number of nitrogens with zero attached hydrogens (tertiary/aromatic N) is 6. The predicted octanol–water partition coefficient (Wildman–Crippen LogP) is 3.42. The number of benzene rings is 2. The van der Waals surface area contributed by atoms with Crippen molar-refractivity contribution >= 4 is 22.1 Å². The van der Waals surface area contributed by atoms with Crippen LogP contribution in [0.3, 0.4) is 0 Å². The molecule has 8 nitrogen and oxygen atoms in total. The fourth-order valence-corrected chi connectivity index (χ4v) is 3.76. The van der Waals surface area contributed by atoms with Crippen LogP contribution in [-0.2, 0) is 13.1 Å². The van der Waals surface area contributed by atoms with Crippen molar-refractivity contribution < 1.29 is 4.92 Å². The average Bonchev–Trinajstić information content (AvgIpc) is 3.16. The van der Waals surface area contributed by atoms with Crippen molar-refractivity contribution in [3.63, 3.8) is 0 Å². The van der Waals surface area contributed by atoms with Crippen LogP contribution in [0.1, 0.15) is 5.82 Å². The van der Waals surface area contributed by atoms with E-state index in [0.717, 1.165) is 41.4 Å². The first-order valence-corrected chi connectivity index (χ1v) is 8.96. The molecule has 0 bridgehead atoms. The maximum Gasteiger partial charge on any atom is 0.278 e. The normalized spacial score (nSPS) is 13.5. The maximum absolute atomic E-state index is 11.3. The minimum Gasteiger partial charge on any atom is -0.362 e. The lowest BCUT2D eigenvalue weighted by Crippen LogP contribution is -2.34. The third-order valence-corrected chi connectivity index (χ3v) is 5.09. The molecule has 0 spiro atoms. The Morgan fingerprint density at radius 2 is 1.82 bits per heavy atom. The summed E-state index contributed by atoms with van der Waals surface area (Å²) in [7, 11) is 0. The Bertz CT molecular complexity index is 1190. The Balaban J connectivity index is 1.53. The third kappa shape index (κ3) is 2.58. The summed E-state index contributed by atoms with van der Waals surface area (Å²) in [6, 6.07) is 15.2. The van der Waals surface area contributed by atoms with E-state index in [4.69, 9.17) is 0 Å². The first kappa shape index (κ1) is 16.4. The summed E-state index contributed by atoms with van der Waals surface area (Å²) in [5.41, 5.74) is 2.05. The molecule has 2 aromatic heterocycles. The van der Waals surface area contributed by atoms with Crippen molar-refractivity contribution in [3.8, 4) is 11.4 Å². The molecular formula is C20H16N6O2. The van der Waals surface area contributed by atoms with Crippen LogP contribution in [0.4, 0.5) is 11.4 Å². The average molecular weight is 372 g/mol. The molecule has 8 heteroatoms. The lowest BCUT2D eigenvalue weighted by atomic mass is 10.1. The van der Waals surface area contributed by atoms with E-state index in [0.29, 0.717) is 11.9 Å². The molecule has 3 heterocycles. The number of pyridine rings is 1. The highest BCUT2D eigenvalue weighted by Crippen LogP contribution is 2.34. The molecule has 0 atom stereocenters. The van der Waals surface area contributed by atoms with E-state index >= 15 is 0 Å². The topological polar surface area (TPSA) is 90.0 Å². The summed E-state index contributed by atoms with van der Waals surface area (Å²) >= 11 is 0. The Morgan fingerprint density at radius 3 is 2.64 bits per heavy atom. The van der Waals surface area contributed by atoms with Gasteiger partial charge in [-0.3, -0.25) is 15.1 Å². The van der Waals surface area contributed by atoms with Gasteiger partial charge in [-0.2, -0.15) is 0 Å². The van der Waals surface area contributed by atoms with Crippen molar-refractivity contribution in [2.75, 3.05) is 11.4 Å². The van der Waals surface area contributed by atoms with Gasteiger partial charge in [0.25, 0.3) is 5.69 Å². The predicted molar refractivity (Wildman–Crippen MR) is 105 cm³/mol. The van der Waals surface area contributed by atoms with Crippen LogP contribution < -0.4 is 4.90 Å². The number of fused-ring (bicyclic) bond motifs is 2. The fourth-order valence-electron chi connectivity index (χ4n) is 3.76. The van der Waals surface area contributed by atoms with E-state index in [1.54, 1.807) is 18.5 Å². The van der Waals surface area contributed by atoms with Crippen molar-refractivity contribution in [1.82, 2.24) is 19.7 Å². The van der Waals surface area contributed by atoms with Gasteiger partial charge >= 0.3 is 0 Å². The van der Waals surface area contributed by atoms with Gasteiger partial charge in [0, 0.05) is 48.2 Å². The monoisotopic (exact) mass is 372 g/mol. The lowest BCUT2D eigenvalue weighted by molar-refractivity contribution is -0.383. The van der Waals surface area contributed by atoms with E-state index in [2.05, 4.69) is 24.6 Å². The van der Waals surface area contributed by atoms with Gasteiger partial charge in [-0.15, -0.1) is 10.2 Å². The Morgan fingerprint density at radius 1 is 0.964 bits per heavy atom. The molecule has 1 aliphatic rings. The zero-order valence-corrected chi connectivity index (χ0v) is 14.9. The third-order valence-electron chi connectivity index (χ3n) is 5.09. The summed E-state index contributed by atoms with van der Waals surface area (Å²) in [4.78, 5) is 17.2. The van der Waals surface area contributed by atoms with Gasteiger partial charge in [0.05, 0.1) is 16.9 Å². The van der Waals surface area contributed by atoms with E-state index in [9.17, 15) is 10.1 Å². The number of nitro benzene ring substituents is 1. The van der Waals surface area contributed by atoms with Gasteiger partial charge in [-0.05, 0) is 12.1 Å². The van der Waals surface area contributed by atoms with Gasteiger partial charge in [0.1, 0.15) is 0 Å². The van der Waals surface area contributed by atoms with Crippen molar-refractivity contribution in [3.05, 3.63) is 76.9 Å². The molecule has 0 N–H and O–H groups in total. The van der Waals surface area contributed by atoms with Gasteiger partial charge in [-0.25, -0.2) is 0 Å². The maximum atomic E-state index is 11.3. The molecule has 0 saturated heterocycles. The van der Waals surface area contributed by atoms with Crippen LogP contribution in [0.25, 0.3) is 22.2 Å². The van der Waals surface area contributed by atoms with Crippen molar-refractivity contribution in [1.29, 1.82) is 0 Å². The van der Waals surface area contributed by atoms with E-state index in [-0.39, 0.29) is 10.6 Å². The van der Waals surface area contributed by atoms with E-state index < -0.39 is 0 Å². The quantitative estimate of drug-likeness (QED) is 0.404. The highest BCUT2D eigenvalue weighted by molar-refractivity contribution is 5.99. The van der Waals surface area contributed by atoms with Crippen LogP contribution in [0.5, 0.6) is 0 Å². The van der Waals surface area contributed by atoms with Crippen LogP contribution in [-0.4, -0.2) is 31.2 Å². The van der Waals surface area contributed by atoms with Gasteiger partial charge < -0.3 is 9.47 Å². The number of hydrogen-bond acceptors (Lipinski definition) is 6. The van der Waals surface area contributed by atoms with Gasteiger partial charge in [0.15, 0.2) is 11.6 Å². The minimum absolute atomic E-state index is 0.0680. The second-order valence-electron chi connectivity index (χ2n) is 6.66.